The van der Waals surface area contributed by atoms with E-state index in [0.717, 1.165) is 11.1 Å². The number of carbonyl (C=O) groups is 1. The van der Waals surface area contributed by atoms with Crippen LogP contribution < -0.4 is 4.72 Å². The highest BCUT2D eigenvalue weighted by Crippen LogP contribution is 2.23. The highest BCUT2D eigenvalue weighted by molar-refractivity contribution is 7.89. The van der Waals surface area contributed by atoms with Gasteiger partial charge in [0.15, 0.2) is 0 Å². The number of carbonyl (C=O) groups excluding carboxylic acids is 1. The molecule has 2 aromatic carbocycles. The Balaban J connectivity index is 2.08. The fourth-order valence-electron chi connectivity index (χ4n) is 2.35. The van der Waals surface area contributed by atoms with E-state index in [-0.39, 0.29) is 10.8 Å². The molecule has 0 atom stereocenters. The molecule has 2 aromatic rings. The van der Waals surface area contributed by atoms with Crippen LogP contribution in [0, 0.1) is 0 Å². The quantitative estimate of drug-likeness (QED) is 0.681. The monoisotopic (exact) mass is 426 g/mol. The molecular weight excluding hydrogens is 407 g/mol. The number of likely N-dealkylation sites (N-methyl/N-ethyl adjacent to an activating group) is 1. The van der Waals surface area contributed by atoms with Crippen molar-refractivity contribution in [2.24, 2.45) is 0 Å². The summed E-state index contributed by atoms with van der Waals surface area (Å²) in [6.07, 6.45) is 3.11. The fourth-order valence-corrected chi connectivity index (χ4v) is 3.40. The van der Waals surface area contributed by atoms with Crippen molar-refractivity contribution in [2.45, 2.75) is 18.4 Å². The molecule has 0 saturated carbocycles. The molecule has 1 N–H and O–H groups in total. The van der Waals surface area contributed by atoms with Gasteiger partial charge in [-0.1, -0.05) is 41.4 Å². The lowest BCUT2D eigenvalue weighted by Gasteiger charge is -2.19. The number of hydrogen-bond acceptors (Lipinski definition) is 3. The second kappa shape index (κ2) is 9.37. The summed E-state index contributed by atoms with van der Waals surface area (Å²) < 4.78 is 25.7. The molecule has 0 aliphatic rings. The van der Waals surface area contributed by atoms with Crippen molar-refractivity contribution in [1.29, 1.82) is 0 Å². The number of hydrogen-bond donors (Lipinski definition) is 1. The molecule has 1 amide bonds. The molecule has 2 rings (SSSR count). The Labute approximate surface area is 169 Å². The summed E-state index contributed by atoms with van der Waals surface area (Å²) in [6.45, 7) is 2.83. The summed E-state index contributed by atoms with van der Waals surface area (Å²) in [5.41, 5.74) is 1.61. The van der Waals surface area contributed by atoms with Crippen molar-refractivity contribution in [3.05, 3.63) is 69.7 Å². The van der Waals surface area contributed by atoms with Crippen molar-refractivity contribution in [3.8, 4) is 0 Å². The third-order valence-electron chi connectivity index (χ3n) is 3.93. The van der Waals surface area contributed by atoms with Gasteiger partial charge in [-0.3, -0.25) is 4.79 Å². The molecule has 0 heterocycles. The lowest BCUT2D eigenvalue weighted by molar-refractivity contribution is -0.126. The Morgan fingerprint density at radius 2 is 1.78 bits per heavy atom. The Morgan fingerprint density at radius 3 is 2.33 bits per heavy atom. The SMILES string of the molecule is CCN(Cc1ccc(Cl)c(Cl)c1)C(=O)/C=C/c1ccc(S(=O)(=O)NC)cc1. The van der Waals surface area contributed by atoms with Gasteiger partial charge in [-0.2, -0.15) is 0 Å². The van der Waals surface area contributed by atoms with Gasteiger partial charge in [0, 0.05) is 19.2 Å². The molecule has 27 heavy (non-hydrogen) atoms. The second-order valence-corrected chi connectivity index (χ2v) is 8.41. The zero-order valence-corrected chi connectivity index (χ0v) is 17.3. The first-order valence-corrected chi connectivity index (χ1v) is 10.4. The van der Waals surface area contributed by atoms with Gasteiger partial charge in [0.25, 0.3) is 0 Å². The van der Waals surface area contributed by atoms with E-state index >= 15 is 0 Å². The molecule has 0 aliphatic heterocycles. The molecule has 8 heteroatoms. The predicted molar refractivity (Wildman–Crippen MR) is 109 cm³/mol. The van der Waals surface area contributed by atoms with Crippen LogP contribution in [-0.2, 0) is 21.4 Å². The van der Waals surface area contributed by atoms with Crippen LogP contribution in [0.3, 0.4) is 0 Å². The van der Waals surface area contributed by atoms with E-state index < -0.39 is 10.0 Å². The third kappa shape index (κ3) is 5.81. The maximum Gasteiger partial charge on any atom is 0.246 e. The zero-order valence-electron chi connectivity index (χ0n) is 14.9. The van der Waals surface area contributed by atoms with Crippen molar-refractivity contribution >= 4 is 45.2 Å². The fraction of sp³-hybridized carbons (Fsp3) is 0.211. The minimum absolute atomic E-state index is 0.157. The normalized spacial score (nSPS) is 11.7. The van der Waals surface area contributed by atoms with Crippen LogP contribution in [0.25, 0.3) is 6.08 Å². The van der Waals surface area contributed by atoms with Gasteiger partial charge < -0.3 is 4.90 Å². The summed E-state index contributed by atoms with van der Waals surface area (Å²) in [4.78, 5) is 14.3. The minimum Gasteiger partial charge on any atom is -0.335 e. The molecule has 0 radical (unpaired) electrons. The maximum atomic E-state index is 12.5. The summed E-state index contributed by atoms with van der Waals surface area (Å²) in [5, 5.41) is 0.920. The molecule has 0 spiro atoms. The summed E-state index contributed by atoms with van der Waals surface area (Å²) in [6, 6.07) is 11.5. The van der Waals surface area contributed by atoms with E-state index in [2.05, 4.69) is 4.72 Å². The smallest absolute Gasteiger partial charge is 0.246 e. The van der Waals surface area contributed by atoms with Crippen molar-refractivity contribution in [3.63, 3.8) is 0 Å². The topological polar surface area (TPSA) is 66.5 Å². The Bertz CT molecular complexity index is 942. The Hall–Kier alpha value is -1.86. The van der Waals surface area contributed by atoms with E-state index in [1.807, 2.05) is 13.0 Å². The van der Waals surface area contributed by atoms with Crippen LogP contribution >= 0.6 is 23.2 Å². The van der Waals surface area contributed by atoms with Gasteiger partial charge in [0.2, 0.25) is 15.9 Å². The Morgan fingerprint density at radius 1 is 1.11 bits per heavy atom. The molecule has 0 aromatic heterocycles. The number of halogens is 2. The number of nitrogens with one attached hydrogen (secondary N) is 1. The zero-order chi connectivity index (χ0) is 20.0. The van der Waals surface area contributed by atoms with E-state index in [9.17, 15) is 13.2 Å². The lowest BCUT2D eigenvalue weighted by atomic mass is 10.2. The van der Waals surface area contributed by atoms with Gasteiger partial charge in [0.1, 0.15) is 0 Å². The van der Waals surface area contributed by atoms with E-state index in [0.29, 0.717) is 23.1 Å². The number of amides is 1. The number of sulfonamides is 1. The molecule has 0 aliphatic carbocycles. The third-order valence-corrected chi connectivity index (χ3v) is 6.10. The predicted octanol–water partition coefficient (Wildman–Crippen LogP) is 3.96. The number of nitrogens with zero attached hydrogens (tertiary/aromatic N) is 1. The van der Waals surface area contributed by atoms with Crippen LogP contribution in [-0.4, -0.2) is 32.8 Å². The maximum absolute atomic E-state index is 12.5. The van der Waals surface area contributed by atoms with Gasteiger partial charge in [0.05, 0.1) is 14.9 Å². The van der Waals surface area contributed by atoms with Crippen LogP contribution in [0.2, 0.25) is 10.0 Å². The lowest BCUT2D eigenvalue weighted by Crippen LogP contribution is -2.28. The molecule has 0 unspecified atom stereocenters. The van der Waals surface area contributed by atoms with Gasteiger partial charge in [-0.05, 0) is 55.4 Å². The van der Waals surface area contributed by atoms with Crippen molar-refractivity contribution in [1.82, 2.24) is 9.62 Å². The molecule has 5 nitrogen and oxygen atoms in total. The van der Waals surface area contributed by atoms with Crippen LogP contribution in [0.1, 0.15) is 18.1 Å². The summed E-state index contributed by atoms with van der Waals surface area (Å²) >= 11 is 11.9. The van der Waals surface area contributed by atoms with Crippen LogP contribution in [0.5, 0.6) is 0 Å². The van der Waals surface area contributed by atoms with Gasteiger partial charge >= 0.3 is 0 Å². The van der Waals surface area contributed by atoms with Crippen molar-refractivity contribution < 1.29 is 13.2 Å². The molecule has 0 fully saturated rings. The van der Waals surface area contributed by atoms with E-state index in [4.69, 9.17) is 23.2 Å². The van der Waals surface area contributed by atoms with Gasteiger partial charge in [-0.25, -0.2) is 13.1 Å². The van der Waals surface area contributed by atoms with E-state index in [1.54, 1.807) is 35.2 Å². The second-order valence-electron chi connectivity index (χ2n) is 5.71. The van der Waals surface area contributed by atoms with Crippen molar-refractivity contribution in [2.75, 3.05) is 13.6 Å². The summed E-state index contributed by atoms with van der Waals surface area (Å²) in [7, 11) is -2.12. The average Bonchev–Trinajstić information content (AvgIpc) is 2.67. The Kier molecular flexibility index (Phi) is 7.44. The average molecular weight is 427 g/mol. The largest absolute Gasteiger partial charge is 0.335 e. The first kappa shape index (κ1) is 21.4. The molecular formula is C19H20Cl2N2O3S. The van der Waals surface area contributed by atoms with Crippen LogP contribution in [0.4, 0.5) is 0 Å². The first-order valence-electron chi connectivity index (χ1n) is 8.21. The first-order chi connectivity index (χ1) is 12.8. The molecule has 144 valence electrons. The molecule has 0 saturated heterocycles. The minimum atomic E-state index is -3.47. The van der Waals surface area contributed by atoms with Gasteiger partial charge in [-0.15, -0.1) is 0 Å². The number of rotatable bonds is 7. The van der Waals surface area contributed by atoms with Crippen LogP contribution in [0.15, 0.2) is 53.4 Å². The molecule has 0 bridgehead atoms. The van der Waals surface area contributed by atoms with E-state index in [1.165, 1.54) is 25.3 Å². The number of benzene rings is 2. The highest BCUT2D eigenvalue weighted by Gasteiger charge is 2.11. The standard InChI is InChI=1S/C19H20Cl2N2O3S/c1-3-23(13-15-6-10-17(20)18(21)12-15)19(24)11-7-14-4-8-16(9-5-14)27(25,26)22-2/h4-12,22H,3,13H2,1-2H3/b11-7+. The highest BCUT2D eigenvalue weighted by atomic mass is 35.5. The summed E-state index contributed by atoms with van der Waals surface area (Å²) in [5.74, 6) is -0.157.